The van der Waals surface area contributed by atoms with E-state index in [1.165, 1.54) is 5.56 Å². The maximum atomic E-state index is 12.7. The van der Waals surface area contributed by atoms with Crippen molar-refractivity contribution >= 4 is 23.3 Å². The van der Waals surface area contributed by atoms with E-state index in [-0.39, 0.29) is 5.91 Å². The minimum absolute atomic E-state index is 0.221. The molecule has 0 saturated heterocycles. The lowest BCUT2D eigenvalue weighted by Gasteiger charge is -2.10. The zero-order valence-electron chi connectivity index (χ0n) is 18.7. The largest absolute Gasteiger partial charge is 0.489 e. The number of nitrogens with one attached hydrogen (secondary N) is 1. The van der Waals surface area contributed by atoms with Gasteiger partial charge in [0.05, 0.1) is 6.54 Å². The van der Waals surface area contributed by atoms with E-state index in [1.807, 2.05) is 60.8 Å². The van der Waals surface area contributed by atoms with Gasteiger partial charge in [-0.2, -0.15) is 5.10 Å². The SMILES string of the molecule is CC(C)c1ccc(OCc2cccc(C(=O)Nc3ccn(Cc4ccccc4Cl)n3)c2)cc1. The van der Waals surface area contributed by atoms with E-state index in [0.717, 1.165) is 16.9 Å². The average Bonchev–Trinajstić information content (AvgIpc) is 3.26. The Morgan fingerprint density at radius 1 is 1.03 bits per heavy atom. The number of ether oxygens (including phenoxy) is 1. The molecule has 0 unspecified atom stereocenters. The number of carbonyl (C=O) groups is 1. The molecular weight excluding hydrogens is 434 g/mol. The molecule has 1 N–H and O–H groups in total. The minimum Gasteiger partial charge on any atom is -0.489 e. The summed E-state index contributed by atoms with van der Waals surface area (Å²) in [6.07, 6.45) is 1.81. The zero-order valence-corrected chi connectivity index (χ0v) is 19.4. The van der Waals surface area contributed by atoms with Gasteiger partial charge in [0.2, 0.25) is 0 Å². The molecule has 33 heavy (non-hydrogen) atoms. The first kappa shape index (κ1) is 22.6. The van der Waals surface area contributed by atoms with Gasteiger partial charge in [0.15, 0.2) is 5.82 Å². The summed E-state index contributed by atoms with van der Waals surface area (Å²) in [6.45, 7) is 5.24. The highest BCUT2D eigenvalue weighted by atomic mass is 35.5. The molecule has 1 amide bonds. The van der Waals surface area contributed by atoms with Gasteiger partial charge in [-0.3, -0.25) is 9.48 Å². The number of amides is 1. The summed E-state index contributed by atoms with van der Waals surface area (Å²) in [5.74, 6) is 1.55. The molecule has 0 bridgehead atoms. The second kappa shape index (κ2) is 10.4. The van der Waals surface area contributed by atoms with E-state index in [2.05, 4.69) is 36.4 Å². The van der Waals surface area contributed by atoms with Gasteiger partial charge in [-0.15, -0.1) is 0 Å². The number of hydrogen-bond acceptors (Lipinski definition) is 3. The van der Waals surface area contributed by atoms with E-state index < -0.39 is 0 Å². The van der Waals surface area contributed by atoms with Crippen LogP contribution in [0.25, 0.3) is 0 Å². The quantitative estimate of drug-likeness (QED) is 0.325. The lowest BCUT2D eigenvalue weighted by Crippen LogP contribution is -2.13. The summed E-state index contributed by atoms with van der Waals surface area (Å²) in [7, 11) is 0. The first-order valence-corrected chi connectivity index (χ1v) is 11.3. The number of nitrogens with zero attached hydrogens (tertiary/aromatic N) is 2. The molecule has 6 heteroatoms. The smallest absolute Gasteiger partial charge is 0.256 e. The predicted octanol–water partition coefficient (Wildman–Crippen LogP) is 6.54. The number of halogens is 1. The van der Waals surface area contributed by atoms with Crippen LogP contribution in [0.4, 0.5) is 5.82 Å². The Morgan fingerprint density at radius 3 is 2.58 bits per heavy atom. The van der Waals surface area contributed by atoms with Crippen LogP contribution in [0.1, 0.15) is 46.8 Å². The molecule has 0 saturated carbocycles. The van der Waals surface area contributed by atoms with E-state index in [4.69, 9.17) is 16.3 Å². The summed E-state index contributed by atoms with van der Waals surface area (Å²) in [5.41, 5.74) is 3.70. The molecule has 5 nitrogen and oxygen atoms in total. The molecule has 0 atom stereocenters. The normalized spacial score (nSPS) is 10.9. The molecule has 0 aliphatic carbocycles. The van der Waals surface area contributed by atoms with Crippen LogP contribution in [-0.2, 0) is 13.2 Å². The van der Waals surface area contributed by atoms with Crippen molar-refractivity contribution in [2.24, 2.45) is 0 Å². The number of anilines is 1. The Kier molecular flexibility index (Phi) is 7.10. The van der Waals surface area contributed by atoms with Crippen LogP contribution >= 0.6 is 11.6 Å². The third kappa shape index (κ3) is 6.02. The molecule has 168 valence electrons. The fraction of sp³-hybridized carbons (Fsp3) is 0.185. The van der Waals surface area contributed by atoms with Crippen molar-refractivity contribution in [3.63, 3.8) is 0 Å². The second-order valence-corrected chi connectivity index (χ2v) is 8.56. The molecule has 0 spiro atoms. The molecule has 0 aliphatic rings. The van der Waals surface area contributed by atoms with Crippen LogP contribution in [0.3, 0.4) is 0 Å². The van der Waals surface area contributed by atoms with Gasteiger partial charge in [-0.1, -0.05) is 67.9 Å². The summed E-state index contributed by atoms with van der Waals surface area (Å²) < 4.78 is 7.63. The van der Waals surface area contributed by atoms with Gasteiger partial charge in [-0.05, 0) is 52.9 Å². The monoisotopic (exact) mass is 459 g/mol. The Hall–Kier alpha value is -3.57. The van der Waals surface area contributed by atoms with Gasteiger partial charge < -0.3 is 10.1 Å². The number of rotatable bonds is 8. The fourth-order valence-electron chi connectivity index (χ4n) is 3.42. The molecular formula is C27H26ClN3O2. The number of hydrogen-bond donors (Lipinski definition) is 1. The van der Waals surface area contributed by atoms with Crippen molar-refractivity contribution in [1.82, 2.24) is 9.78 Å². The lowest BCUT2D eigenvalue weighted by atomic mass is 10.0. The van der Waals surface area contributed by atoms with Crippen molar-refractivity contribution < 1.29 is 9.53 Å². The molecule has 1 aromatic heterocycles. The third-order valence-electron chi connectivity index (χ3n) is 5.31. The van der Waals surface area contributed by atoms with Crippen LogP contribution in [0, 0.1) is 0 Å². The first-order valence-electron chi connectivity index (χ1n) is 10.9. The van der Waals surface area contributed by atoms with Crippen LogP contribution in [-0.4, -0.2) is 15.7 Å². The van der Waals surface area contributed by atoms with E-state index in [0.29, 0.717) is 35.5 Å². The maximum absolute atomic E-state index is 12.7. The van der Waals surface area contributed by atoms with Crippen LogP contribution < -0.4 is 10.1 Å². The highest BCUT2D eigenvalue weighted by Crippen LogP contribution is 2.20. The van der Waals surface area contributed by atoms with E-state index >= 15 is 0 Å². The van der Waals surface area contributed by atoms with Crippen LogP contribution in [0.15, 0.2) is 85.1 Å². The number of carbonyl (C=O) groups excluding carboxylic acids is 1. The summed E-state index contributed by atoms with van der Waals surface area (Å²) in [6, 6.07) is 24.9. The van der Waals surface area contributed by atoms with Gasteiger partial charge in [-0.25, -0.2) is 0 Å². The minimum atomic E-state index is -0.221. The molecule has 3 aromatic carbocycles. The fourth-order valence-corrected chi connectivity index (χ4v) is 3.62. The average molecular weight is 460 g/mol. The standard InChI is InChI=1S/C27H26ClN3O2/c1-19(2)21-10-12-24(13-11-21)33-18-20-6-5-8-22(16-20)27(32)29-26-14-15-31(30-26)17-23-7-3-4-9-25(23)28/h3-16,19H,17-18H2,1-2H3,(H,29,30,32). The predicted molar refractivity (Wildman–Crippen MR) is 132 cm³/mol. The molecule has 0 radical (unpaired) electrons. The van der Waals surface area contributed by atoms with Crippen molar-refractivity contribution in [2.75, 3.05) is 5.32 Å². The Morgan fingerprint density at radius 2 is 1.82 bits per heavy atom. The van der Waals surface area contributed by atoms with Crippen molar-refractivity contribution in [3.05, 3.63) is 112 Å². The topological polar surface area (TPSA) is 56.1 Å². The van der Waals surface area contributed by atoms with Crippen LogP contribution in [0.5, 0.6) is 5.75 Å². The van der Waals surface area contributed by atoms with Crippen molar-refractivity contribution in [2.45, 2.75) is 32.9 Å². The molecule has 4 rings (SSSR count). The highest BCUT2D eigenvalue weighted by molar-refractivity contribution is 6.31. The third-order valence-corrected chi connectivity index (χ3v) is 5.68. The van der Waals surface area contributed by atoms with Gasteiger partial charge in [0.25, 0.3) is 5.91 Å². The van der Waals surface area contributed by atoms with E-state index in [1.54, 1.807) is 16.8 Å². The summed E-state index contributed by atoms with van der Waals surface area (Å²) >= 11 is 6.22. The Bertz CT molecular complexity index is 1230. The maximum Gasteiger partial charge on any atom is 0.256 e. The first-order chi connectivity index (χ1) is 16.0. The molecule has 4 aromatic rings. The molecule has 0 fully saturated rings. The van der Waals surface area contributed by atoms with Gasteiger partial charge >= 0.3 is 0 Å². The molecule has 0 aliphatic heterocycles. The number of benzene rings is 3. The summed E-state index contributed by atoms with van der Waals surface area (Å²) in [5, 5.41) is 7.97. The Balaban J connectivity index is 1.36. The second-order valence-electron chi connectivity index (χ2n) is 8.16. The van der Waals surface area contributed by atoms with Gasteiger partial charge in [0.1, 0.15) is 12.4 Å². The van der Waals surface area contributed by atoms with Crippen molar-refractivity contribution in [1.29, 1.82) is 0 Å². The van der Waals surface area contributed by atoms with Gasteiger partial charge in [0, 0.05) is 22.8 Å². The van der Waals surface area contributed by atoms with E-state index in [9.17, 15) is 4.79 Å². The van der Waals surface area contributed by atoms with Crippen LogP contribution in [0.2, 0.25) is 5.02 Å². The molecule has 1 heterocycles. The highest BCUT2D eigenvalue weighted by Gasteiger charge is 2.10. The summed E-state index contributed by atoms with van der Waals surface area (Å²) in [4.78, 5) is 12.7. The lowest BCUT2D eigenvalue weighted by molar-refractivity contribution is 0.102. The number of aromatic nitrogens is 2. The van der Waals surface area contributed by atoms with Crippen molar-refractivity contribution in [3.8, 4) is 5.75 Å². The Labute approximate surface area is 199 Å². The zero-order chi connectivity index (χ0) is 23.2.